The predicted molar refractivity (Wildman–Crippen MR) is 92.5 cm³/mol. The van der Waals surface area contributed by atoms with Crippen molar-refractivity contribution in [2.45, 2.75) is 25.6 Å². The number of halogens is 4. The van der Waals surface area contributed by atoms with E-state index in [4.69, 9.17) is 16.4 Å². The van der Waals surface area contributed by atoms with E-state index in [0.717, 1.165) is 12.1 Å². The Morgan fingerprint density at radius 1 is 1.46 bits per heavy atom. The minimum absolute atomic E-state index is 0.0223. The monoisotopic (exact) mass is 389 g/mol. The van der Waals surface area contributed by atoms with E-state index >= 15 is 0 Å². The molecular formula is C15H15F4N5OS. The largest absolute Gasteiger partial charge is 0.391 e. The number of carbonyl (C=O) groups excluding carboxylic acids is 1. The van der Waals surface area contributed by atoms with E-state index in [1.165, 1.54) is 13.0 Å². The molecule has 0 heterocycles. The fraction of sp³-hybridized carbons (Fsp3) is 0.267. The minimum Gasteiger partial charge on any atom is -0.371 e. The van der Waals surface area contributed by atoms with Crippen LogP contribution in [0.4, 0.5) is 28.9 Å². The van der Waals surface area contributed by atoms with Crippen LogP contribution in [0.3, 0.4) is 0 Å². The number of nitrogens with two attached hydrogens (primary N) is 1. The summed E-state index contributed by atoms with van der Waals surface area (Å²) < 4.78 is 51.7. The first-order valence-electron chi connectivity index (χ1n) is 7.02. The van der Waals surface area contributed by atoms with Crippen molar-refractivity contribution in [2.75, 3.05) is 10.6 Å². The molecule has 26 heavy (non-hydrogen) atoms. The van der Waals surface area contributed by atoms with Crippen LogP contribution in [0, 0.1) is 22.6 Å². The maximum Gasteiger partial charge on any atom is 0.391 e. The van der Waals surface area contributed by atoms with Gasteiger partial charge >= 0.3 is 6.18 Å². The van der Waals surface area contributed by atoms with Crippen LogP contribution in [-0.4, -0.2) is 23.8 Å². The summed E-state index contributed by atoms with van der Waals surface area (Å²) in [6, 6.07) is 1.63. The molecule has 0 saturated carbocycles. The van der Waals surface area contributed by atoms with Crippen molar-refractivity contribution in [3.63, 3.8) is 0 Å². The average molecular weight is 389 g/mol. The van der Waals surface area contributed by atoms with Crippen molar-refractivity contribution in [1.82, 2.24) is 0 Å². The quantitative estimate of drug-likeness (QED) is 0.280. The second-order valence-electron chi connectivity index (χ2n) is 5.25. The Hall–Kier alpha value is -2.74. The van der Waals surface area contributed by atoms with E-state index in [1.54, 1.807) is 6.07 Å². The van der Waals surface area contributed by atoms with Crippen LogP contribution in [0.2, 0.25) is 0 Å². The number of nitrogens with zero attached hydrogens (tertiary/aromatic N) is 1. The summed E-state index contributed by atoms with van der Waals surface area (Å²) in [6.07, 6.45) is -4.98. The molecule has 0 aliphatic rings. The molecule has 0 aromatic heterocycles. The molecule has 0 saturated heterocycles. The average Bonchev–Trinajstić information content (AvgIpc) is 2.47. The molecule has 0 aliphatic carbocycles. The van der Waals surface area contributed by atoms with Crippen molar-refractivity contribution >= 4 is 35.6 Å². The van der Waals surface area contributed by atoms with Gasteiger partial charge in [-0.05, 0) is 25.1 Å². The summed E-state index contributed by atoms with van der Waals surface area (Å²) >= 11 is 4.05. The van der Waals surface area contributed by atoms with Crippen LogP contribution in [0.15, 0.2) is 23.2 Å². The van der Waals surface area contributed by atoms with Gasteiger partial charge in [-0.2, -0.15) is 18.4 Å². The predicted octanol–water partition coefficient (Wildman–Crippen LogP) is 3.14. The number of rotatable bonds is 7. The van der Waals surface area contributed by atoms with Crippen LogP contribution in [0.1, 0.15) is 18.9 Å². The molecule has 140 valence electrons. The van der Waals surface area contributed by atoms with Crippen LogP contribution in [-0.2, 0) is 4.79 Å². The SMILES string of the molecule is CC(=N)/C=C(\S)Nc1cc(NC(CC(F)(F)F)C(N)=O)c(F)cc1C#N. The first-order chi connectivity index (χ1) is 11.9. The van der Waals surface area contributed by atoms with Gasteiger partial charge in [-0.3, -0.25) is 4.79 Å². The second kappa shape index (κ2) is 8.57. The lowest BCUT2D eigenvalue weighted by molar-refractivity contribution is -0.144. The standard InChI is InChI=1S/C15H15F4N5OS/c1-7(21)2-13(26)24-10-4-11(9(16)3-8(10)6-20)23-12(14(22)25)5-15(17,18)19/h2-4,12,21,23-24,26H,5H2,1H3,(H2,22,25)/b13-2-,21-7?. The number of alkyl halides is 3. The molecule has 1 rings (SSSR count). The number of thiol groups is 1. The van der Waals surface area contributed by atoms with E-state index in [0.29, 0.717) is 0 Å². The molecule has 5 N–H and O–H groups in total. The summed E-state index contributed by atoms with van der Waals surface area (Å²) in [4.78, 5) is 11.2. The third-order valence-electron chi connectivity index (χ3n) is 2.95. The Balaban J connectivity index is 3.23. The Morgan fingerprint density at radius 3 is 2.54 bits per heavy atom. The van der Waals surface area contributed by atoms with Gasteiger partial charge in [0.1, 0.15) is 17.9 Å². The molecule has 11 heteroatoms. The van der Waals surface area contributed by atoms with Crippen molar-refractivity contribution in [3.05, 3.63) is 34.6 Å². The van der Waals surface area contributed by atoms with E-state index in [1.807, 2.05) is 0 Å². The van der Waals surface area contributed by atoms with Gasteiger partial charge in [0.05, 0.1) is 28.4 Å². The highest BCUT2D eigenvalue weighted by atomic mass is 32.1. The number of allylic oxidation sites excluding steroid dienone is 1. The summed E-state index contributed by atoms with van der Waals surface area (Å²) in [6.45, 7) is 1.47. The zero-order chi connectivity index (χ0) is 20.1. The molecule has 1 unspecified atom stereocenters. The van der Waals surface area contributed by atoms with E-state index in [-0.39, 0.29) is 22.0 Å². The molecule has 0 fully saturated rings. The van der Waals surface area contributed by atoms with E-state index < -0.39 is 36.1 Å². The number of benzene rings is 1. The Bertz CT molecular complexity index is 785. The lowest BCUT2D eigenvalue weighted by Crippen LogP contribution is -2.39. The van der Waals surface area contributed by atoms with E-state index in [9.17, 15) is 22.4 Å². The summed E-state index contributed by atoms with van der Waals surface area (Å²) in [7, 11) is 0. The molecule has 0 radical (unpaired) electrons. The molecule has 1 aromatic rings. The number of nitrogens with one attached hydrogen (secondary N) is 3. The topological polar surface area (TPSA) is 115 Å². The molecule has 6 nitrogen and oxygen atoms in total. The summed E-state index contributed by atoms with van der Waals surface area (Å²) in [5.74, 6) is -2.34. The van der Waals surface area contributed by atoms with Crippen LogP contribution in [0.25, 0.3) is 0 Å². The fourth-order valence-electron chi connectivity index (χ4n) is 1.90. The highest BCUT2D eigenvalue weighted by Gasteiger charge is 2.35. The van der Waals surface area contributed by atoms with Gasteiger partial charge in [-0.25, -0.2) is 4.39 Å². The second-order valence-corrected chi connectivity index (χ2v) is 5.73. The molecule has 1 atom stereocenters. The fourth-order valence-corrected chi connectivity index (χ4v) is 2.21. The molecule has 1 amide bonds. The molecular weight excluding hydrogens is 374 g/mol. The smallest absolute Gasteiger partial charge is 0.371 e. The van der Waals surface area contributed by atoms with Gasteiger partial charge in [0.2, 0.25) is 5.91 Å². The van der Waals surface area contributed by atoms with Gasteiger partial charge in [-0.15, -0.1) is 12.6 Å². The van der Waals surface area contributed by atoms with Gasteiger partial charge in [-0.1, -0.05) is 0 Å². The number of primary amides is 1. The van der Waals surface area contributed by atoms with Gasteiger partial charge in [0.25, 0.3) is 0 Å². The number of nitriles is 1. The number of hydrogen-bond acceptors (Lipinski definition) is 6. The van der Waals surface area contributed by atoms with Gasteiger partial charge in [0, 0.05) is 5.71 Å². The maximum absolute atomic E-state index is 14.1. The van der Waals surface area contributed by atoms with Crippen LogP contribution >= 0.6 is 12.6 Å². The first-order valence-corrected chi connectivity index (χ1v) is 7.46. The summed E-state index contributed by atoms with van der Waals surface area (Å²) in [5, 5.41) is 21.3. The lowest BCUT2D eigenvalue weighted by atomic mass is 10.1. The maximum atomic E-state index is 14.1. The van der Waals surface area contributed by atoms with Crippen LogP contribution < -0.4 is 16.4 Å². The molecule has 0 spiro atoms. The Kier molecular flexibility index (Phi) is 7.02. The number of anilines is 2. The third-order valence-corrected chi connectivity index (χ3v) is 3.19. The normalized spacial score (nSPS) is 12.9. The molecule has 1 aromatic carbocycles. The minimum atomic E-state index is -4.70. The third kappa shape index (κ3) is 6.64. The molecule has 0 aliphatic heterocycles. The number of amides is 1. The lowest BCUT2D eigenvalue weighted by Gasteiger charge is -2.20. The van der Waals surface area contributed by atoms with E-state index in [2.05, 4.69) is 23.3 Å². The van der Waals surface area contributed by atoms with Crippen molar-refractivity contribution in [2.24, 2.45) is 5.73 Å². The van der Waals surface area contributed by atoms with Gasteiger partial charge < -0.3 is 21.8 Å². The number of hydrogen-bond donors (Lipinski definition) is 5. The summed E-state index contributed by atoms with van der Waals surface area (Å²) in [5.41, 5.74) is 4.49. The zero-order valence-electron chi connectivity index (χ0n) is 13.4. The Morgan fingerprint density at radius 2 is 2.08 bits per heavy atom. The van der Waals surface area contributed by atoms with Crippen molar-refractivity contribution < 1.29 is 22.4 Å². The first kappa shape index (κ1) is 21.3. The number of carbonyl (C=O) groups is 1. The zero-order valence-corrected chi connectivity index (χ0v) is 14.3. The molecule has 0 bridgehead atoms. The Labute approximate surface area is 152 Å². The van der Waals surface area contributed by atoms with Crippen molar-refractivity contribution in [3.8, 4) is 6.07 Å². The van der Waals surface area contributed by atoms with Crippen molar-refractivity contribution in [1.29, 1.82) is 10.7 Å². The van der Waals surface area contributed by atoms with Crippen LogP contribution in [0.5, 0.6) is 0 Å². The highest BCUT2D eigenvalue weighted by Crippen LogP contribution is 2.29. The van der Waals surface area contributed by atoms with Gasteiger partial charge in [0.15, 0.2) is 0 Å². The highest BCUT2D eigenvalue weighted by molar-refractivity contribution is 7.84.